The monoisotopic (exact) mass is 359 g/mol. The van der Waals surface area contributed by atoms with E-state index in [1.165, 1.54) is 16.5 Å². The standard InChI is InChI=1S/C20H26ClN3O/c1-14-6-5-7-16-15(2)12-17(22-18(14)16)23-8-10-24(11-9-23)19(25)20(3,4)13-21/h5-7,12H,8-11,13H2,1-4H3. The zero-order valence-electron chi connectivity index (χ0n) is 15.5. The molecule has 1 fully saturated rings. The highest BCUT2D eigenvalue weighted by Gasteiger charge is 2.33. The average Bonchev–Trinajstić information content (AvgIpc) is 2.62. The maximum atomic E-state index is 12.6. The second-order valence-electron chi connectivity index (χ2n) is 7.57. The molecule has 0 aliphatic carbocycles. The van der Waals surface area contributed by atoms with Gasteiger partial charge in [-0.05, 0) is 44.9 Å². The molecule has 0 unspecified atom stereocenters. The molecule has 4 nitrogen and oxygen atoms in total. The van der Waals surface area contributed by atoms with E-state index in [2.05, 4.69) is 43.0 Å². The van der Waals surface area contributed by atoms with Gasteiger partial charge >= 0.3 is 0 Å². The Morgan fingerprint density at radius 1 is 1.16 bits per heavy atom. The topological polar surface area (TPSA) is 36.4 Å². The van der Waals surface area contributed by atoms with Crippen LogP contribution in [-0.4, -0.2) is 47.9 Å². The Bertz CT molecular complexity index is 795. The first kappa shape index (κ1) is 18.0. The summed E-state index contributed by atoms with van der Waals surface area (Å²) in [6.07, 6.45) is 0. The van der Waals surface area contributed by atoms with E-state index in [0.717, 1.165) is 24.4 Å². The summed E-state index contributed by atoms with van der Waals surface area (Å²) in [5.74, 6) is 1.49. The van der Waals surface area contributed by atoms with Gasteiger partial charge < -0.3 is 9.80 Å². The van der Waals surface area contributed by atoms with Crippen LogP contribution in [-0.2, 0) is 4.79 Å². The van der Waals surface area contributed by atoms with Crippen LogP contribution in [0.2, 0.25) is 0 Å². The molecule has 0 atom stereocenters. The first-order valence-electron chi connectivity index (χ1n) is 8.81. The third-order valence-electron chi connectivity index (χ3n) is 5.04. The highest BCUT2D eigenvalue weighted by molar-refractivity contribution is 6.19. The van der Waals surface area contributed by atoms with Crippen molar-refractivity contribution in [2.75, 3.05) is 37.0 Å². The number of alkyl halides is 1. The first-order valence-corrected chi connectivity index (χ1v) is 9.34. The van der Waals surface area contributed by atoms with E-state index >= 15 is 0 Å². The highest BCUT2D eigenvalue weighted by atomic mass is 35.5. The van der Waals surface area contributed by atoms with Gasteiger partial charge in [0.1, 0.15) is 5.82 Å². The number of fused-ring (bicyclic) bond motifs is 1. The van der Waals surface area contributed by atoms with Crippen molar-refractivity contribution in [3.8, 4) is 0 Å². The van der Waals surface area contributed by atoms with Crippen LogP contribution in [0, 0.1) is 19.3 Å². The first-order chi connectivity index (χ1) is 11.8. The molecule has 1 saturated heterocycles. The van der Waals surface area contributed by atoms with Gasteiger partial charge in [-0.2, -0.15) is 0 Å². The Morgan fingerprint density at radius 2 is 1.84 bits per heavy atom. The second kappa shape index (κ2) is 6.83. The number of amides is 1. The van der Waals surface area contributed by atoms with Gasteiger partial charge in [0.25, 0.3) is 0 Å². The number of para-hydroxylation sites is 1. The van der Waals surface area contributed by atoms with E-state index in [-0.39, 0.29) is 5.91 Å². The van der Waals surface area contributed by atoms with Crippen molar-refractivity contribution in [1.82, 2.24) is 9.88 Å². The number of aryl methyl sites for hydroxylation is 2. The molecule has 134 valence electrons. The lowest BCUT2D eigenvalue weighted by Gasteiger charge is -2.38. The van der Waals surface area contributed by atoms with Crippen molar-refractivity contribution in [3.05, 3.63) is 35.4 Å². The smallest absolute Gasteiger partial charge is 0.229 e. The number of pyridine rings is 1. The normalized spacial score (nSPS) is 15.7. The number of hydrogen-bond acceptors (Lipinski definition) is 3. The van der Waals surface area contributed by atoms with Crippen molar-refractivity contribution in [2.45, 2.75) is 27.7 Å². The summed E-state index contributed by atoms with van der Waals surface area (Å²) in [5.41, 5.74) is 3.00. The van der Waals surface area contributed by atoms with Crippen molar-refractivity contribution in [3.63, 3.8) is 0 Å². The SMILES string of the molecule is Cc1cc(N2CCN(C(=O)C(C)(C)CCl)CC2)nc2c(C)cccc12. The third kappa shape index (κ3) is 3.45. The van der Waals surface area contributed by atoms with Crippen LogP contribution in [0.3, 0.4) is 0 Å². The van der Waals surface area contributed by atoms with Crippen molar-refractivity contribution in [2.24, 2.45) is 5.41 Å². The molecule has 1 aliphatic rings. The molecule has 3 rings (SSSR count). The lowest BCUT2D eigenvalue weighted by molar-refractivity contribution is -0.139. The lowest BCUT2D eigenvalue weighted by atomic mass is 9.94. The minimum absolute atomic E-state index is 0.139. The number of piperazine rings is 1. The van der Waals surface area contributed by atoms with E-state index in [1.54, 1.807) is 0 Å². The molecule has 0 saturated carbocycles. The molecule has 1 aromatic heterocycles. The number of carbonyl (C=O) groups excluding carboxylic acids is 1. The minimum Gasteiger partial charge on any atom is -0.353 e. The summed E-state index contributed by atoms with van der Waals surface area (Å²) in [4.78, 5) is 21.7. The van der Waals surface area contributed by atoms with Gasteiger partial charge in [0.2, 0.25) is 5.91 Å². The largest absolute Gasteiger partial charge is 0.353 e. The van der Waals surface area contributed by atoms with Gasteiger partial charge in [0.05, 0.1) is 10.9 Å². The fourth-order valence-corrected chi connectivity index (χ4v) is 3.44. The summed E-state index contributed by atoms with van der Waals surface area (Å²) >= 11 is 5.95. The predicted molar refractivity (Wildman–Crippen MR) is 105 cm³/mol. The van der Waals surface area contributed by atoms with E-state index in [0.29, 0.717) is 19.0 Å². The summed E-state index contributed by atoms with van der Waals surface area (Å²) in [7, 11) is 0. The summed E-state index contributed by atoms with van der Waals surface area (Å²) in [5, 5.41) is 1.21. The van der Waals surface area contributed by atoms with Gasteiger partial charge in [-0.1, -0.05) is 18.2 Å². The summed E-state index contributed by atoms with van der Waals surface area (Å²) in [6, 6.07) is 8.46. The molecule has 0 bridgehead atoms. The third-order valence-corrected chi connectivity index (χ3v) is 5.71. The van der Waals surface area contributed by atoms with Gasteiger partial charge in [0, 0.05) is 37.4 Å². The summed E-state index contributed by atoms with van der Waals surface area (Å²) < 4.78 is 0. The van der Waals surface area contributed by atoms with Crippen LogP contribution in [0.1, 0.15) is 25.0 Å². The van der Waals surface area contributed by atoms with Crippen LogP contribution in [0.4, 0.5) is 5.82 Å². The molecule has 0 N–H and O–H groups in total. The van der Waals surface area contributed by atoms with E-state index in [4.69, 9.17) is 16.6 Å². The molecule has 2 aromatic rings. The van der Waals surface area contributed by atoms with Crippen LogP contribution in [0.15, 0.2) is 24.3 Å². The Kier molecular flexibility index (Phi) is 4.92. The number of halogens is 1. The molecule has 2 heterocycles. The van der Waals surface area contributed by atoms with Crippen molar-refractivity contribution >= 4 is 34.2 Å². The molecule has 1 amide bonds. The fourth-order valence-electron chi connectivity index (χ4n) is 3.33. The molecule has 1 aliphatic heterocycles. The van der Waals surface area contributed by atoms with Crippen LogP contribution in [0.5, 0.6) is 0 Å². The van der Waals surface area contributed by atoms with E-state index in [1.807, 2.05) is 18.7 Å². The van der Waals surface area contributed by atoms with Gasteiger partial charge in [0.15, 0.2) is 0 Å². The number of carbonyl (C=O) groups is 1. The van der Waals surface area contributed by atoms with Gasteiger partial charge in [-0.25, -0.2) is 4.98 Å². The maximum Gasteiger partial charge on any atom is 0.229 e. The second-order valence-corrected chi connectivity index (χ2v) is 7.83. The maximum absolute atomic E-state index is 12.6. The van der Waals surface area contributed by atoms with Crippen molar-refractivity contribution in [1.29, 1.82) is 0 Å². The molecular weight excluding hydrogens is 334 g/mol. The lowest BCUT2D eigenvalue weighted by Crippen LogP contribution is -2.52. The Morgan fingerprint density at radius 3 is 2.48 bits per heavy atom. The zero-order valence-corrected chi connectivity index (χ0v) is 16.2. The zero-order chi connectivity index (χ0) is 18.2. The quantitative estimate of drug-likeness (QED) is 0.783. The molecule has 0 radical (unpaired) electrons. The number of benzene rings is 1. The molecule has 25 heavy (non-hydrogen) atoms. The number of aromatic nitrogens is 1. The van der Waals surface area contributed by atoms with Crippen LogP contribution >= 0.6 is 11.6 Å². The van der Waals surface area contributed by atoms with E-state index < -0.39 is 5.41 Å². The summed E-state index contributed by atoms with van der Waals surface area (Å²) in [6.45, 7) is 11.1. The number of anilines is 1. The highest BCUT2D eigenvalue weighted by Crippen LogP contribution is 2.26. The number of rotatable bonds is 3. The molecule has 1 aromatic carbocycles. The molecule has 0 spiro atoms. The fraction of sp³-hybridized carbons (Fsp3) is 0.500. The van der Waals surface area contributed by atoms with Crippen LogP contribution < -0.4 is 4.90 Å². The molecule has 5 heteroatoms. The van der Waals surface area contributed by atoms with Gasteiger partial charge in [-0.3, -0.25) is 4.79 Å². The minimum atomic E-state index is -0.501. The Balaban J connectivity index is 1.79. The molecular formula is C20H26ClN3O. The van der Waals surface area contributed by atoms with Gasteiger partial charge in [-0.15, -0.1) is 11.6 Å². The Hall–Kier alpha value is -1.81. The van der Waals surface area contributed by atoms with Crippen molar-refractivity contribution < 1.29 is 4.79 Å². The average molecular weight is 360 g/mol. The van der Waals surface area contributed by atoms with Crippen LogP contribution in [0.25, 0.3) is 10.9 Å². The Labute approximate surface area is 154 Å². The predicted octanol–water partition coefficient (Wildman–Crippen LogP) is 3.77. The number of hydrogen-bond donors (Lipinski definition) is 0. The number of nitrogens with zero attached hydrogens (tertiary/aromatic N) is 3. The van der Waals surface area contributed by atoms with E-state index in [9.17, 15) is 4.79 Å².